The van der Waals surface area contributed by atoms with Gasteiger partial charge in [-0.2, -0.15) is 0 Å². The van der Waals surface area contributed by atoms with Crippen molar-refractivity contribution in [1.82, 2.24) is 9.97 Å². The molecule has 0 unspecified atom stereocenters. The summed E-state index contributed by atoms with van der Waals surface area (Å²) in [7, 11) is 0. The van der Waals surface area contributed by atoms with Gasteiger partial charge in [-0.15, -0.1) is 11.3 Å². The second-order valence-corrected chi connectivity index (χ2v) is 7.51. The molecule has 8 heteroatoms. The minimum absolute atomic E-state index is 0.253. The van der Waals surface area contributed by atoms with Crippen molar-refractivity contribution < 1.29 is 14.3 Å². The number of cyclic esters (lactones) is 1. The number of thiophene rings is 1. The molecular formula is C21H16N4O3S. The van der Waals surface area contributed by atoms with Crippen molar-refractivity contribution in [3.63, 3.8) is 0 Å². The Morgan fingerprint density at radius 2 is 2.10 bits per heavy atom. The van der Waals surface area contributed by atoms with Gasteiger partial charge >= 0.3 is 6.09 Å². The zero-order chi connectivity index (χ0) is 19.8. The third-order valence-corrected chi connectivity index (χ3v) is 5.55. The Morgan fingerprint density at radius 1 is 1.17 bits per heavy atom. The van der Waals surface area contributed by atoms with Crippen LogP contribution in [0.25, 0.3) is 21.7 Å². The van der Waals surface area contributed by atoms with Crippen LogP contribution in [0.4, 0.5) is 16.2 Å². The molecule has 1 fully saturated rings. The van der Waals surface area contributed by atoms with Gasteiger partial charge in [0.05, 0.1) is 22.5 Å². The standard InChI is InChI=1S/C21H16N4O3S/c26-20(13-3-1-4-15(11-13)25-8-9-28-21(25)27)22-14-6-7-16-17(12-14)24-19(23-16)18-5-2-10-29-18/h1-7,10-12H,8-9H2,(H,22,26)(H,23,24). The number of aromatic nitrogens is 2. The average Bonchev–Trinajstić information content (AvgIpc) is 3.48. The molecule has 5 rings (SSSR count). The highest BCUT2D eigenvalue weighted by Crippen LogP contribution is 2.26. The van der Waals surface area contributed by atoms with Gasteiger partial charge in [-0.3, -0.25) is 9.69 Å². The van der Waals surface area contributed by atoms with E-state index in [1.54, 1.807) is 35.6 Å². The number of anilines is 2. The largest absolute Gasteiger partial charge is 0.447 e. The number of benzene rings is 2. The number of fused-ring (bicyclic) bond motifs is 1. The van der Waals surface area contributed by atoms with Crippen LogP contribution >= 0.6 is 11.3 Å². The smallest absolute Gasteiger partial charge is 0.414 e. The van der Waals surface area contributed by atoms with Crippen molar-refractivity contribution in [2.45, 2.75) is 0 Å². The molecule has 0 spiro atoms. The first-order valence-electron chi connectivity index (χ1n) is 9.07. The normalized spacial score (nSPS) is 13.7. The van der Waals surface area contributed by atoms with Gasteiger partial charge in [0.2, 0.25) is 0 Å². The van der Waals surface area contributed by atoms with Gasteiger partial charge in [-0.05, 0) is 47.8 Å². The molecule has 0 atom stereocenters. The number of hydrogen-bond donors (Lipinski definition) is 2. The second-order valence-electron chi connectivity index (χ2n) is 6.57. The Labute approximate surface area is 169 Å². The summed E-state index contributed by atoms with van der Waals surface area (Å²) in [5, 5.41) is 4.91. The molecular weight excluding hydrogens is 388 g/mol. The lowest BCUT2D eigenvalue weighted by Gasteiger charge is -2.13. The van der Waals surface area contributed by atoms with Crippen molar-refractivity contribution >= 4 is 45.7 Å². The molecule has 0 aliphatic carbocycles. The summed E-state index contributed by atoms with van der Waals surface area (Å²) in [4.78, 5) is 34.9. The van der Waals surface area contributed by atoms with Crippen LogP contribution in [-0.2, 0) is 4.74 Å². The minimum Gasteiger partial charge on any atom is -0.447 e. The van der Waals surface area contributed by atoms with Gasteiger partial charge in [0.1, 0.15) is 12.4 Å². The molecule has 144 valence electrons. The summed E-state index contributed by atoms with van der Waals surface area (Å²) in [5.74, 6) is 0.556. The molecule has 2 aromatic heterocycles. The molecule has 2 aromatic carbocycles. The van der Waals surface area contributed by atoms with E-state index in [1.165, 1.54) is 4.90 Å². The van der Waals surface area contributed by atoms with E-state index >= 15 is 0 Å². The van der Waals surface area contributed by atoms with Crippen molar-refractivity contribution in [3.8, 4) is 10.7 Å². The number of H-pyrrole nitrogens is 1. The number of amides is 2. The van der Waals surface area contributed by atoms with Crippen LogP contribution in [0.3, 0.4) is 0 Å². The summed E-state index contributed by atoms with van der Waals surface area (Å²) in [6.45, 7) is 0.833. The Balaban J connectivity index is 1.38. The van der Waals surface area contributed by atoms with E-state index in [1.807, 2.05) is 35.7 Å². The number of carbonyl (C=O) groups excluding carboxylic acids is 2. The molecule has 1 aliphatic heterocycles. The number of nitrogens with one attached hydrogen (secondary N) is 2. The Bertz CT molecular complexity index is 1220. The van der Waals surface area contributed by atoms with Gasteiger partial charge in [0, 0.05) is 16.9 Å². The zero-order valence-corrected chi connectivity index (χ0v) is 16.0. The van der Waals surface area contributed by atoms with Crippen LogP contribution in [0.1, 0.15) is 10.4 Å². The first-order valence-corrected chi connectivity index (χ1v) is 9.95. The molecule has 0 bridgehead atoms. The Kier molecular flexibility index (Phi) is 4.25. The van der Waals surface area contributed by atoms with E-state index < -0.39 is 6.09 Å². The molecule has 2 amide bonds. The summed E-state index contributed by atoms with van der Waals surface area (Å²) >= 11 is 1.61. The monoisotopic (exact) mass is 404 g/mol. The Hall–Kier alpha value is -3.65. The zero-order valence-electron chi connectivity index (χ0n) is 15.2. The predicted octanol–water partition coefficient (Wildman–Crippen LogP) is 4.50. The quantitative estimate of drug-likeness (QED) is 0.524. The van der Waals surface area contributed by atoms with Crippen molar-refractivity contribution in [3.05, 3.63) is 65.5 Å². The van der Waals surface area contributed by atoms with Gasteiger partial charge < -0.3 is 15.0 Å². The number of rotatable bonds is 4. The molecule has 2 N–H and O–H groups in total. The highest BCUT2D eigenvalue weighted by Gasteiger charge is 2.24. The van der Waals surface area contributed by atoms with Crippen LogP contribution in [0.2, 0.25) is 0 Å². The lowest BCUT2D eigenvalue weighted by molar-refractivity contribution is 0.102. The highest BCUT2D eigenvalue weighted by molar-refractivity contribution is 7.13. The number of hydrogen-bond acceptors (Lipinski definition) is 5. The third-order valence-electron chi connectivity index (χ3n) is 4.68. The van der Waals surface area contributed by atoms with E-state index in [0.717, 1.165) is 21.7 Å². The average molecular weight is 404 g/mol. The molecule has 3 heterocycles. The lowest BCUT2D eigenvalue weighted by Crippen LogP contribution is -2.23. The molecule has 1 aliphatic rings. The second kappa shape index (κ2) is 7.06. The van der Waals surface area contributed by atoms with E-state index in [9.17, 15) is 9.59 Å². The third kappa shape index (κ3) is 3.34. The maximum atomic E-state index is 12.7. The van der Waals surface area contributed by atoms with Crippen LogP contribution in [0, 0.1) is 0 Å². The van der Waals surface area contributed by atoms with Crippen LogP contribution in [-0.4, -0.2) is 35.1 Å². The maximum absolute atomic E-state index is 12.7. The number of nitrogens with zero attached hydrogens (tertiary/aromatic N) is 2. The Morgan fingerprint density at radius 3 is 2.90 bits per heavy atom. The van der Waals surface area contributed by atoms with Crippen molar-refractivity contribution in [1.29, 1.82) is 0 Å². The number of imidazole rings is 1. The molecule has 7 nitrogen and oxygen atoms in total. The summed E-state index contributed by atoms with van der Waals surface area (Å²) in [6.07, 6.45) is -0.395. The maximum Gasteiger partial charge on any atom is 0.414 e. The molecule has 29 heavy (non-hydrogen) atoms. The van der Waals surface area contributed by atoms with Gasteiger partial charge in [0.15, 0.2) is 0 Å². The van der Waals surface area contributed by atoms with Crippen molar-refractivity contribution in [2.24, 2.45) is 0 Å². The number of carbonyl (C=O) groups is 2. The van der Waals surface area contributed by atoms with E-state index in [-0.39, 0.29) is 5.91 Å². The first kappa shape index (κ1) is 17.4. The fourth-order valence-corrected chi connectivity index (χ4v) is 3.93. The highest BCUT2D eigenvalue weighted by atomic mass is 32.1. The fourth-order valence-electron chi connectivity index (χ4n) is 3.26. The topological polar surface area (TPSA) is 87.3 Å². The first-order chi connectivity index (χ1) is 14.2. The van der Waals surface area contributed by atoms with Crippen LogP contribution < -0.4 is 10.2 Å². The van der Waals surface area contributed by atoms with E-state index in [0.29, 0.717) is 30.1 Å². The van der Waals surface area contributed by atoms with E-state index in [4.69, 9.17) is 4.74 Å². The van der Waals surface area contributed by atoms with Crippen LogP contribution in [0.5, 0.6) is 0 Å². The number of aromatic amines is 1. The fraction of sp³-hybridized carbons (Fsp3) is 0.0952. The van der Waals surface area contributed by atoms with Gasteiger partial charge in [0.25, 0.3) is 5.91 Å². The summed E-state index contributed by atoms with van der Waals surface area (Å²) < 4.78 is 4.96. The van der Waals surface area contributed by atoms with Crippen LogP contribution in [0.15, 0.2) is 60.0 Å². The number of ether oxygens (including phenoxy) is 1. The molecule has 0 saturated carbocycles. The minimum atomic E-state index is -0.395. The van der Waals surface area contributed by atoms with E-state index in [2.05, 4.69) is 15.3 Å². The van der Waals surface area contributed by atoms with Gasteiger partial charge in [-0.1, -0.05) is 12.1 Å². The lowest BCUT2D eigenvalue weighted by atomic mass is 10.1. The summed E-state index contributed by atoms with van der Waals surface area (Å²) in [6, 6.07) is 16.5. The van der Waals surface area contributed by atoms with Gasteiger partial charge in [-0.25, -0.2) is 9.78 Å². The SMILES string of the molecule is O=C(Nc1ccc2nc(-c3cccs3)[nH]c2c1)c1cccc(N2CCOC2=O)c1. The summed E-state index contributed by atoms with van der Waals surface area (Å²) in [5.41, 5.74) is 3.45. The predicted molar refractivity (Wildman–Crippen MR) is 112 cm³/mol. The molecule has 1 saturated heterocycles. The molecule has 0 radical (unpaired) electrons. The molecule has 4 aromatic rings. The van der Waals surface area contributed by atoms with Crippen molar-refractivity contribution in [2.75, 3.05) is 23.4 Å².